The summed E-state index contributed by atoms with van der Waals surface area (Å²) in [7, 11) is 0. The lowest BCUT2D eigenvalue weighted by molar-refractivity contribution is -0.122. The molecule has 2 aliphatic rings. The highest BCUT2D eigenvalue weighted by Crippen LogP contribution is 2.32. The first-order valence-corrected chi connectivity index (χ1v) is 8.39. The molecule has 3 rings (SSSR count). The van der Waals surface area contributed by atoms with Crippen molar-refractivity contribution in [3.8, 4) is 11.5 Å². The van der Waals surface area contributed by atoms with E-state index in [9.17, 15) is 9.59 Å². The lowest BCUT2D eigenvalue weighted by atomic mass is 10.1. The standard InChI is InChI=1S/C17H23N3O4/c1-2-20(10-12-6-7-14-15(9-12)24-11-23-14)17(22)19-13-5-3-4-8-18-16(13)21/h6-7,9,13H,2-5,8,10-11H2,1H3,(H,18,21)(H,19,22). The zero-order valence-corrected chi connectivity index (χ0v) is 13.8. The number of ether oxygens (including phenoxy) is 2. The van der Waals surface area contributed by atoms with E-state index >= 15 is 0 Å². The minimum Gasteiger partial charge on any atom is -0.454 e. The molecule has 0 radical (unpaired) electrons. The molecule has 7 nitrogen and oxygen atoms in total. The summed E-state index contributed by atoms with van der Waals surface area (Å²) in [6.45, 7) is 3.83. The molecule has 2 aliphatic heterocycles. The molecular weight excluding hydrogens is 310 g/mol. The Balaban J connectivity index is 1.62. The van der Waals surface area contributed by atoms with E-state index in [1.54, 1.807) is 4.90 Å². The molecule has 1 atom stereocenters. The van der Waals surface area contributed by atoms with Crippen LogP contribution in [-0.4, -0.2) is 42.8 Å². The Labute approximate surface area is 141 Å². The highest BCUT2D eigenvalue weighted by Gasteiger charge is 2.24. The van der Waals surface area contributed by atoms with Crippen LogP contribution in [0, 0.1) is 0 Å². The highest BCUT2D eigenvalue weighted by atomic mass is 16.7. The van der Waals surface area contributed by atoms with Gasteiger partial charge in [0, 0.05) is 19.6 Å². The maximum atomic E-state index is 12.5. The Hall–Kier alpha value is -2.44. The van der Waals surface area contributed by atoms with Crippen molar-refractivity contribution < 1.29 is 19.1 Å². The number of urea groups is 1. The first kappa shape index (κ1) is 16.4. The lowest BCUT2D eigenvalue weighted by Gasteiger charge is -2.24. The van der Waals surface area contributed by atoms with Gasteiger partial charge in [-0.1, -0.05) is 6.07 Å². The van der Waals surface area contributed by atoms with Gasteiger partial charge in [0.1, 0.15) is 6.04 Å². The third kappa shape index (κ3) is 3.72. The monoisotopic (exact) mass is 333 g/mol. The number of amides is 3. The number of hydrogen-bond acceptors (Lipinski definition) is 4. The SMILES string of the molecule is CCN(Cc1ccc2c(c1)OCO2)C(=O)NC1CCCCNC1=O. The van der Waals surface area contributed by atoms with E-state index in [1.807, 2.05) is 25.1 Å². The minimum absolute atomic E-state index is 0.0972. The summed E-state index contributed by atoms with van der Waals surface area (Å²) in [4.78, 5) is 26.2. The molecule has 0 aromatic heterocycles. The van der Waals surface area contributed by atoms with Crippen molar-refractivity contribution in [1.29, 1.82) is 0 Å². The van der Waals surface area contributed by atoms with E-state index in [-0.39, 0.29) is 18.7 Å². The number of fused-ring (bicyclic) bond motifs is 1. The van der Waals surface area contributed by atoms with Crippen LogP contribution in [0.5, 0.6) is 11.5 Å². The van der Waals surface area contributed by atoms with Gasteiger partial charge in [-0.3, -0.25) is 4.79 Å². The number of nitrogens with zero attached hydrogens (tertiary/aromatic N) is 1. The van der Waals surface area contributed by atoms with Crippen LogP contribution in [0.25, 0.3) is 0 Å². The van der Waals surface area contributed by atoms with Crippen molar-refractivity contribution in [2.24, 2.45) is 0 Å². The number of rotatable bonds is 4. The summed E-state index contributed by atoms with van der Waals surface area (Å²) in [5.41, 5.74) is 0.960. The predicted octanol–water partition coefficient (Wildman–Crippen LogP) is 1.62. The number of hydrogen-bond donors (Lipinski definition) is 2. The third-order valence-corrected chi connectivity index (χ3v) is 4.31. The van der Waals surface area contributed by atoms with Crippen LogP contribution in [0.2, 0.25) is 0 Å². The molecule has 7 heteroatoms. The van der Waals surface area contributed by atoms with Crippen molar-refractivity contribution in [3.63, 3.8) is 0 Å². The summed E-state index contributed by atoms with van der Waals surface area (Å²) in [6, 6.07) is 4.98. The Morgan fingerprint density at radius 3 is 3.00 bits per heavy atom. The van der Waals surface area contributed by atoms with Crippen LogP contribution in [0.15, 0.2) is 18.2 Å². The zero-order valence-electron chi connectivity index (χ0n) is 13.8. The maximum absolute atomic E-state index is 12.5. The van der Waals surface area contributed by atoms with Gasteiger partial charge >= 0.3 is 6.03 Å². The molecule has 24 heavy (non-hydrogen) atoms. The van der Waals surface area contributed by atoms with Gasteiger partial charge in [0.05, 0.1) is 0 Å². The molecule has 1 aromatic carbocycles. The predicted molar refractivity (Wildman–Crippen MR) is 87.8 cm³/mol. The Morgan fingerprint density at radius 1 is 1.33 bits per heavy atom. The Morgan fingerprint density at radius 2 is 2.17 bits per heavy atom. The van der Waals surface area contributed by atoms with E-state index < -0.39 is 6.04 Å². The van der Waals surface area contributed by atoms with Crippen LogP contribution >= 0.6 is 0 Å². The summed E-state index contributed by atoms with van der Waals surface area (Å²) in [6.07, 6.45) is 2.56. The van der Waals surface area contributed by atoms with Gasteiger partial charge < -0.3 is 25.0 Å². The second kappa shape index (κ2) is 7.42. The van der Waals surface area contributed by atoms with Gasteiger partial charge in [-0.25, -0.2) is 4.79 Å². The molecule has 2 N–H and O–H groups in total. The number of nitrogens with one attached hydrogen (secondary N) is 2. The van der Waals surface area contributed by atoms with Gasteiger partial charge in [0.2, 0.25) is 12.7 Å². The van der Waals surface area contributed by atoms with Gasteiger partial charge in [0.25, 0.3) is 0 Å². The lowest BCUT2D eigenvalue weighted by Crippen LogP contribution is -2.50. The van der Waals surface area contributed by atoms with Crippen LogP contribution in [0.4, 0.5) is 4.79 Å². The minimum atomic E-state index is -0.453. The Bertz CT molecular complexity index is 620. The molecular formula is C17H23N3O4. The zero-order chi connectivity index (χ0) is 16.9. The molecule has 3 amide bonds. The molecule has 1 fully saturated rings. The van der Waals surface area contributed by atoms with E-state index in [0.717, 1.165) is 24.2 Å². The Kier molecular flexibility index (Phi) is 5.08. The fourth-order valence-corrected chi connectivity index (χ4v) is 2.90. The molecule has 1 saturated heterocycles. The second-order valence-corrected chi connectivity index (χ2v) is 5.99. The topological polar surface area (TPSA) is 79.9 Å². The van der Waals surface area contributed by atoms with Crippen molar-refractivity contribution in [2.45, 2.75) is 38.8 Å². The van der Waals surface area contributed by atoms with E-state index in [0.29, 0.717) is 31.8 Å². The second-order valence-electron chi connectivity index (χ2n) is 5.99. The molecule has 2 heterocycles. The van der Waals surface area contributed by atoms with E-state index in [1.165, 1.54) is 0 Å². The third-order valence-electron chi connectivity index (χ3n) is 4.31. The summed E-state index contributed by atoms with van der Waals surface area (Å²) < 4.78 is 10.7. The fourth-order valence-electron chi connectivity index (χ4n) is 2.90. The quantitative estimate of drug-likeness (QED) is 0.877. The normalized spacial score (nSPS) is 19.4. The van der Waals surface area contributed by atoms with Gasteiger partial charge in [-0.2, -0.15) is 0 Å². The largest absolute Gasteiger partial charge is 0.454 e. The molecule has 0 bridgehead atoms. The molecule has 1 aromatic rings. The average Bonchev–Trinajstić information content (AvgIpc) is 2.96. The first-order valence-electron chi connectivity index (χ1n) is 8.39. The molecule has 1 unspecified atom stereocenters. The van der Waals surface area contributed by atoms with Gasteiger partial charge in [-0.15, -0.1) is 0 Å². The van der Waals surface area contributed by atoms with Crippen molar-refractivity contribution in [3.05, 3.63) is 23.8 Å². The van der Waals surface area contributed by atoms with Crippen LogP contribution < -0.4 is 20.1 Å². The highest BCUT2D eigenvalue weighted by molar-refractivity contribution is 5.87. The van der Waals surface area contributed by atoms with Gasteiger partial charge in [0.15, 0.2) is 11.5 Å². The number of carbonyl (C=O) groups excluding carboxylic acids is 2. The van der Waals surface area contributed by atoms with Crippen molar-refractivity contribution in [1.82, 2.24) is 15.5 Å². The average molecular weight is 333 g/mol. The van der Waals surface area contributed by atoms with Crippen LogP contribution in [0.1, 0.15) is 31.7 Å². The van der Waals surface area contributed by atoms with Crippen molar-refractivity contribution >= 4 is 11.9 Å². The summed E-state index contributed by atoms with van der Waals surface area (Å²) in [5, 5.41) is 5.68. The number of benzene rings is 1. The van der Waals surface area contributed by atoms with Crippen molar-refractivity contribution in [2.75, 3.05) is 19.9 Å². The number of carbonyl (C=O) groups is 2. The van der Waals surface area contributed by atoms with Crippen LogP contribution in [-0.2, 0) is 11.3 Å². The van der Waals surface area contributed by atoms with Crippen LogP contribution in [0.3, 0.4) is 0 Å². The summed E-state index contributed by atoms with van der Waals surface area (Å²) in [5.74, 6) is 1.33. The summed E-state index contributed by atoms with van der Waals surface area (Å²) >= 11 is 0. The van der Waals surface area contributed by atoms with E-state index in [2.05, 4.69) is 10.6 Å². The maximum Gasteiger partial charge on any atom is 0.318 e. The van der Waals surface area contributed by atoms with Gasteiger partial charge in [-0.05, 0) is 43.9 Å². The first-order chi connectivity index (χ1) is 11.7. The fraction of sp³-hybridized carbons (Fsp3) is 0.529. The van der Waals surface area contributed by atoms with E-state index in [4.69, 9.17) is 9.47 Å². The molecule has 0 spiro atoms. The smallest absolute Gasteiger partial charge is 0.318 e. The molecule has 0 aliphatic carbocycles. The molecule has 130 valence electrons. The molecule has 0 saturated carbocycles.